The van der Waals surface area contributed by atoms with Crippen LogP contribution in [0.5, 0.6) is 0 Å². The van der Waals surface area contributed by atoms with Crippen LogP contribution in [0.3, 0.4) is 0 Å². The molecule has 0 amide bonds. The van der Waals surface area contributed by atoms with E-state index in [1.165, 1.54) is 24.2 Å². The summed E-state index contributed by atoms with van der Waals surface area (Å²) in [5.41, 5.74) is 1.74. The van der Waals surface area contributed by atoms with Gasteiger partial charge in [0.25, 0.3) is 0 Å². The predicted molar refractivity (Wildman–Crippen MR) is 79.9 cm³/mol. The van der Waals surface area contributed by atoms with E-state index in [0.29, 0.717) is 17.1 Å². The highest BCUT2D eigenvalue weighted by atomic mass is 32.2. The lowest BCUT2D eigenvalue weighted by molar-refractivity contribution is -0.117. The van der Waals surface area contributed by atoms with Crippen molar-refractivity contribution < 1.29 is 4.79 Å². The molecule has 102 valence electrons. The van der Waals surface area contributed by atoms with Crippen LogP contribution in [0.25, 0.3) is 0 Å². The van der Waals surface area contributed by atoms with Gasteiger partial charge in [-0.1, -0.05) is 26.3 Å². The van der Waals surface area contributed by atoms with Gasteiger partial charge in [0.05, 0.1) is 0 Å². The molecule has 0 aromatic rings. The lowest BCUT2D eigenvalue weighted by atomic mass is 9.57. The van der Waals surface area contributed by atoms with Crippen LogP contribution in [-0.4, -0.2) is 17.8 Å². The summed E-state index contributed by atoms with van der Waals surface area (Å²) in [7, 11) is 0. The maximum atomic E-state index is 11.7. The SMILES string of the molecule is CSCC(C)C1CCC2=CC(=O)CC(C)C2(C)C1. The van der Waals surface area contributed by atoms with Crippen LogP contribution in [0, 0.1) is 23.2 Å². The monoisotopic (exact) mass is 266 g/mol. The highest BCUT2D eigenvalue weighted by Gasteiger charge is 2.44. The van der Waals surface area contributed by atoms with E-state index in [2.05, 4.69) is 27.0 Å². The van der Waals surface area contributed by atoms with E-state index in [4.69, 9.17) is 0 Å². The zero-order valence-corrected chi connectivity index (χ0v) is 13.0. The lowest BCUT2D eigenvalue weighted by Crippen LogP contribution is -2.40. The Morgan fingerprint density at radius 1 is 1.56 bits per heavy atom. The first-order valence-corrected chi connectivity index (χ1v) is 8.59. The Morgan fingerprint density at radius 2 is 2.28 bits per heavy atom. The minimum absolute atomic E-state index is 0.295. The molecule has 1 nitrogen and oxygen atoms in total. The number of carbonyl (C=O) groups is 1. The molecule has 2 aliphatic carbocycles. The number of rotatable bonds is 3. The Morgan fingerprint density at radius 3 is 2.94 bits per heavy atom. The largest absolute Gasteiger partial charge is 0.295 e. The maximum Gasteiger partial charge on any atom is 0.155 e. The first-order chi connectivity index (χ1) is 8.47. The third kappa shape index (κ3) is 2.54. The summed E-state index contributed by atoms with van der Waals surface area (Å²) in [6, 6.07) is 0. The third-order valence-electron chi connectivity index (χ3n) is 5.37. The van der Waals surface area contributed by atoms with Crippen molar-refractivity contribution in [1.82, 2.24) is 0 Å². The fourth-order valence-corrected chi connectivity index (χ4v) is 4.62. The molecule has 0 radical (unpaired) electrons. The van der Waals surface area contributed by atoms with Gasteiger partial charge in [0.1, 0.15) is 0 Å². The summed E-state index contributed by atoms with van der Waals surface area (Å²) in [5.74, 6) is 3.80. The third-order valence-corrected chi connectivity index (χ3v) is 6.23. The molecular weight excluding hydrogens is 240 g/mol. The van der Waals surface area contributed by atoms with E-state index < -0.39 is 0 Å². The quantitative estimate of drug-likeness (QED) is 0.756. The van der Waals surface area contributed by atoms with Gasteiger partial charge in [-0.3, -0.25) is 4.79 Å². The smallest absolute Gasteiger partial charge is 0.155 e. The molecule has 2 rings (SSSR count). The van der Waals surface area contributed by atoms with E-state index >= 15 is 0 Å². The van der Waals surface area contributed by atoms with Gasteiger partial charge in [0, 0.05) is 6.42 Å². The van der Waals surface area contributed by atoms with Gasteiger partial charge in [-0.05, 0) is 60.5 Å². The average Bonchev–Trinajstić information content (AvgIpc) is 2.30. The molecule has 2 heteroatoms. The van der Waals surface area contributed by atoms with Gasteiger partial charge in [-0.2, -0.15) is 11.8 Å². The topological polar surface area (TPSA) is 17.1 Å². The van der Waals surface area contributed by atoms with Crippen LogP contribution in [0.1, 0.15) is 46.5 Å². The Kier molecular flexibility index (Phi) is 4.25. The van der Waals surface area contributed by atoms with Crippen molar-refractivity contribution in [2.45, 2.75) is 46.5 Å². The number of ketones is 1. The zero-order valence-electron chi connectivity index (χ0n) is 12.2. The minimum Gasteiger partial charge on any atom is -0.295 e. The summed E-state index contributed by atoms with van der Waals surface area (Å²) in [6.45, 7) is 7.07. The van der Waals surface area contributed by atoms with Crippen molar-refractivity contribution in [1.29, 1.82) is 0 Å². The van der Waals surface area contributed by atoms with Crippen molar-refractivity contribution in [3.05, 3.63) is 11.6 Å². The molecule has 0 spiro atoms. The number of hydrogen-bond donors (Lipinski definition) is 0. The molecule has 0 aromatic heterocycles. The normalized spacial score (nSPS) is 38.0. The zero-order chi connectivity index (χ0) is 13.3. The highest BCUT2D eigenvalue weighted by molar-refractivity contribution is 7.98. The number of allylic oxidation sites excluding steroid dienone is 2. The molecule has 0 saturated heterocycles. The fourth-order valence-electron chi connectivity index (χ4n) is 3.82. The van der Waals surface area contributed by atoms with E-state index in [0.717, 1.165) is 24.7 Å². The number of fused-ring (bicyclic) bond motifs is 1. The van der Waals surface area contributed by atoms with E-state index in [9.17, 15) is 4.79 Å². The average molecular weight is 266 g/mol. The van der Waals surface area contributed by atoms with Gasteiger partial charge in [-0.15, -0.1) is 0 Å². The molecule has 2 aliphatic rings. The molecule has 0 heterocycles. The van der Waals surface area contributed by atoms with Crippen molar-refractivity contribution in [3.8, 4) is 0 Å². The predicted octanol–water partition coefficient (Wildman–Crippen LogP) is 4.33. The number of thioether (sulfide) groups is 1. The van der Waals surface area contributed by atoms with Gasteiger partial charge in [0.15, 0.2) is 5.78 Å². The van der Waals surface area contributed by atoms with Crippen molar-refractivity contribution in [3.63, 3.8) is 0 Å². The number of carbonyl (C=O) groups excluding carboxylic acids is 1. The first-order valence-electron chi connectivity index (χ1n) is 7.20. The Labute approximate surface area is 116 Å². The minimum atomic E-state index is 0.295. The van der Waals surface area contributed by atoms with Crippen LogP contribution < -0.4 is 0 Å². The fraction of sp³-hybridized carbons (Fsp3) is 0.812. The molecule has 0 aromatic carbocycles. The summed E-state index contributed by atoms with van der Waals surface area (Å²) in [6.07, 6.45) is 8.64. The standard InChI is InChI=1S/C16H26OS/c1-11(10-18-4)13-5-6-14-8-15(17)7-12(2)16(14,3)9-13/h8,11-13H,5-7,9-10H2,1-4H3. The summed E-state index contributed by atoms with van der Waals surface area (Å²) >= 11 is 1.96. The van der Waals surface area contributed by atoms with E-state index in [-0.39, 0.29) is 0 Å². The number of hydrogen-bond acceptors (Lipinski definition) is 2. The second-order valence-corrected chi connectivity index (χ2v) is 7.50. The van der Waals surface area contributed by atoms with Crippen molar-refractivity contribution in [2.75, 3.05) is 12.0 Å². The molecule has 0 N–H and O–H groups in total. The van der Waals surface area contributed by atoms with Crippen LogP contribution in [0.15, 0.2) is 11.6 Å². The summed E-state index contributed by atoms with van der Waals surface area (Å²) in [4.78, 5) is 11.7. The molecule has 0 aliphatic heterocycles. The molecule has 1 saturated carbocycles. The van der Waals surface area contributed by atoms with Gasteiger partial charge < -0.3 is 0 Å². The summed E-state index contributed by atoms with van der Waals surface area (Å²) < 4.78 is 0. The maximum absolute atomic E-state index is 11.7. The molecular formula is C16H26OS. The molecule has 1 fully saturated rings. The summed E-state index contributed by atoms with van der Waals surface area (Å²) in [5, 5.41) is 0. The van der Waals surface area contributed by atoms with Crippen LogP contribution in [-0.2, 0) is 4.79 Å². The van der Waals surface area contributed by atoms with Crippen molar-refractivity contribution >= 4 is 17.5 Å². The molecule has 4 unspecified atom stereocenters. The molecule has 0 bridgehead atoms. The lowest BCUT2D eigenvalue weighted by Gasteiger charge is -2.48. The van der Waals surface area contributed by atoms with Gasteiger partial charge in [0.2, 0.25) is 0 Å². The van der Waals surface area contributed by atoms with E-state index in [1.807, 2.05) is 17.8 Å². The van der Waals surface area contributed by atoms with Crippen LogP contribution >= 0.6 is 11.8 Å². The van der Waals surface area contributed by atoms with Gasteiger partial charge >= 0.3 is 0 Å². The van der Waals surface area contributed by atoms with Crippen LogP contribution in [0.4, 0.5) is 0 Å². The first kappa shape index (κ1) is 14.2. The second kappa shape index (κ2) is 5.40. The van der Waals surface area contributed by atoms with Gasteiger partial charge in [-0.25, -0.2) is 0 Å². The molecule has 4 atom stereocenters. The highest BCUT2D eigenvalue weighted by Crippen LogP contribution is 2.52. The van der Waals surface area contributed by atoms with Crippen LogP contribution in [0.2, 0.25) is 0 Å². The Bertz CT molecular complexity index is 360. The Hall–Kier alpha value is -0.240. The van der Waals surface area contributed by atoms with E-state index in [1.54, 1.807) is 0 Å². The Balaban J connectivity index is 2.16. The van der Waals surface area contributed by atoms with Crippen molar-refractivity contribution in [2.24, 2.45) is 23.2 Å². The second-order valence-electron chi connectivity index (χ2n) is 6.59. The molecule has 18 heavy (non-hydrogen) atoms.